The van der Waals surface area contributed by atoms with E-state index in [1.165, 1.54) is 6.07 Å². The van der Waals surface area contributed by atoms with Crippen LogP contribution in [-0.4, -0.2) is 20.6 Å². The third-order valence-corrected chi connectivity index (χ3v) is 3.91. The molecule has 0 aliphatic rings. The van der Waals surface area contributed by atoms with Crippen LogP contribution in [0.3, 0.4) is 0 Å². The van der Waals surface area contributed by atoms with Crippen molar-refractivity contribution >= 4 is 22.5 Å². The van der Waals surface area contributed by atoms with Crippen LogP contribution < -0.4 is 10.3 Å². The Balaban J connectivity index is 2.37. The second kappa shape index (κ2) is 7.19. The van der Waals surface area contributed by atoms with Gasteiger partial charge in [0.2, 0.25) is 0 Å². The molecule has 0 fully saturated rings. The molecule has 0 amide bonds. The molecule has 3 rings (SSSR count). The number of fused-ring (bicyclic) bond motifs is 1. The third kappa shape index (κ3) is 3.75. The topological polar surface area (TPSA) is 57.0 Å². The predicted molar refractivity (Wildman–Crippen MR) is 95.5 cm³/mol. The maximum atomic E-state index is 13.2. The fourth-order valence-electron chi connectivity index (χ4n) is 2.59. The van der Waals surface area contributed by atoms with Gasteiger partial charge >= 0.3 is 6.18 Å². The first-order valence-electron chi connectivity index (χ1n) is 8.04. The number of alkyl halides is 4. The van der Waals surface area contributed by atoms with Gasteiger partial charge in [0.05, 0.1) is 22.9 Å². The van der Waals surface area contributed by atoms with Crippen LogP contribution in [0.1, 0.15) is 25.4 Å². The summed E-state index contributed by atoms with van der Waals surface area (Å²) in [5.74, 6) is -0.388. The first kappa shape index (κ1) is 19.2. The molecule has 3 aromatic rings. The predicted octanol–water partition coefficient (Wildman–Crippen LogP) is 4.33. The molecule has 0 saturated carbocycles. The van der Waals surface area contributed by atoms with Crippen molar-refractivity contribution < 1.29 is 17.9 Å². The van der Waals surface area contributed by atoms with E-state index in [1.807, 2.05) is 0 Å². The van der Waals surface area contributed by atoms with Gasteiger partial charge in [-0.3, -0.25) is 4.79 Å². The number of aromatic nitrogens is 3. The number of para-hydroxylation sites is 1. The molecule has 0 atom stereocenters. The Labute approximate surface area is 157 Å². The van der Waals surface area contributed by atoms with Gasteiger partial charge < -0.3 is 4.74 Å². The standard InChI is InChI=1S/C18H15ClF3N3O2/c1-10(2)27-13-7-8-14(18(20,21)22)24-16(13)25-15(9-19)23-12-6-4-3-5-11(12)17(25)26/h3-8,10H,9H2,1-2H3. The second-order valence-corrected chi connectivity index (χ2v) is 6.27. The fraction of sp³-hybridized carbons (Fsp3) is 0.278. The maximum Gasteiger partial charge on any atom is 0.433 e. The van der Waals surface area contributed by atoms with Gasteiger partial charge in [-0.15, -0.1) is 11.6 Å². The first-order chi connectivity index (χ1) is 12.7. The van der Waals surface area contributed by atoms with E-state index in [4.69, 9.17) is 16.3 Å². The number of hydrogen-bond acceptors (Lipinski definition) is 4. The SMILES string of the molecule is CC(C)Oc1ccc(C(F)(F)F)nc1-n1c(CCl)nc2ccccc2c1=O. The van der Waals surface area contributed by atoms with Crippen molar-refractivity contribution in [2.24, 2.45) is 0 Å². The molecule has 27 heavy (non-hydrogen) atoms. The maximum absolute atomic E-state index is 13.2. The molecule has 0 saturated heterocycles. The summed E-state index contributed by atoms with van der Waals surface area (Å²) < 4.78 is 46.1. The number of hydrogen-bond donors (Lipinski definition) is 0. The number of benzene rings is 1. The highest BCUT2D eigenvalue weighted by Crippen LogP contribution is 2.32. The van der Waals surface area contributed by atoms with Crippen molar-refractivity contribution in [3.05, 3.63) is 58.3 Å². The number of halogens is 4. The van der Waals surface area contributed by atoms with Crippen LogP contribution in [0.25, 0.3) is 16.7 Å². The lowest BCUT2D eigenvalue weighted by molar-refractivity contribution is -0.141. The average molecular weight is 398 g/mol. The molecule has 2 aromatic heterocycles. The molecular weight excluding hydrogens is 383 g/mol. The van der Waals surface area contributed by atoms with Crippen LogP contribution in [0.2, 0.25) is 0 Å². The number of pyridine rings is 1. The molecule has 0 spiro atoms. The van der Waals surface area contributed by atoms with Crippen molar-refractivity contribution in [1.29, 1.82) is 0 Å². The molecule has 0 radical (unpaired) electrons. The summed E-state index contributed by atoms with van der Waals surface area (Å²) >= 11 is 5.93. The minimum Gasteiger partial charge on any atom is -0.487 e. The molecule has 1 aromatic carbocycles. The van der Waals surface area contributed by atoms with E-state index in [-0.39, 0.29) is 34.8 Å². The van der Waals surface area contributed by atoms with Crippen LogP contribution in [0.15, 0.2) is 41.2 Å². The molecule has 0 bridgehead atoms. The summed E-state index contributed by atoms with van der Waals surface area (Å²) in [6.45, 7) is 3.43. The minimum absolute atomic E-state index is 0.0311. The Bertz CT molecular complexity index is 1050. The van der Waals surface area contributed by atoms with Crippen molar-refractivity contribution in [1.82, 2.24) is 14.5 Å². The van der Waals surface area contributed by atoms with Crippen LogP contribution in [-0.2, 0) is 12.1 Å². The summed E-state index contributed by atoms with van der Waals surface area (Å²) in [4.78, 5) is 21.0. The Kier molecular flexibility index (Phi) is 5.10. The van der Waals surface area contributed by atoms with Gasteiger partial charge in [-0.25, -0.2) is 14.5 Å². The summed E-state index contributed by atoms with van der Waals surface area (Å²) in [5.41, 5.74) is -1.32. The van der Waals surface area contributed by atoms with E-state index in [1.54, 1.807) is 32.0 Å². The van der Waals surface area contributed by atoms with Crippen molar-refractivity contribution in [3.8, 4) is 11.6 Å². The summed E-state index contributed by atoms with van der Waals surface area (Å²) in [7, 11) is 0. The zero-order valence-corrected chi connectivity index (χ0v) is 15.2. The van der Waals surface area contributed by atoms with E-state index in [0.29, 0.717) is 5.52 Å². The largest absolute Gasteiger partial charge is 0.487 e. The summed E-state index contributed by atoms with van der Waals surface area (Å²) in [6.07, 6.45) is -5.02. The first-order valence-corrected chi connectivity index (χ1v) is 8.57. The summed E-state index contributed by atoms with van der Waals surface area (Å²) in [5, 5.41) is 0.237. The van der Waals surface area contributed by atoms with Gasteiger partial charge in [0.1, 0.15) is 11.5 Å². The highest BCUT2D eigenvalue weighted by molar-refractivity contribution is 6.16. The van der Waals surface area contributed by atoms with Gasteiger partial charge in [0.25, 0.3) is 5.56 Å². The van der Waals surface area contributed by atoms with E-state index < -0.39 is 17.4 Å². The van der Waals surface area contributed by atoms with Crippen LogP contribution in [0, 0.1) is 0 Å². The molecule has 9 heteroatoms. The molecule has 0 N–H and O–H groups in total. The highest BCUT2D eigenvalue weighted by atomic mass is 35.5. The van der Waals surface area contributed by atoms with E-state index >= 15 is 0 Å². The Morgan fingerprint density at radius 1 is 1.15 bits per heavy atom. The molecule has 142 valence electrons. The highest BCUT2D eigenvalue weighted by Gasteiger charge is 2.34. The number of rotatable bonds is 4. The van der Waals surface area contributed by atoms with Crippen molar-refractivity contribution in [2.75, 3.05) is 0 Å². The van der Waals surface area contributed by atoms with Crippen LogP contribution >= 0.6 is 11.6 Å². The molecule has 0 aliphatic carbocycles. The van der Waals surface area contributed by atoms with Crippen LogP contribution in [0.4, 0.5) is 13.2 Å². The molecular formula is C18H15ClF3N3O2. The van der Waals surface area contributed by atoms with Crippen LogP contribution in [0.5, 0.6) is 5.75 Å². The van der Waals surface area contributed by atoms with Gasteiger partial charge in [-0.2, -0.15) is 13.2 Å². The minimum atomic E-state index is -4.68. The average Bonchev–Trinajstić information content (AvgIpc) is 2.61. The molecule has 0 unspecified atom stereocenters. The zero-order valence-electron chi connectivity index (χ0n) is 14.4. The normalized spacial score (nSPS) is 12.0. The zero-order chi connectivity index (χ0) is 19.8. The fourth-order valence-corrected chi connectivity index (χ4v) is 2.77. The second-order valence-electron chi connectivity index (χ2n) is 6.00. The molecule has 0 aliphatic heterocycles. The lowest BCUT2D eigenvalue weighted by Gasteiger charge is -2.18. The van der Waals surface area contributed by atoms with Gasteiger partial charge in [-0.05, 0) is 38.1 Å². The quantitative estimate of drug-likeness (QED) is 0.615. The monoisotopic (exact) mass is 397 g/mol. The number of nitrogens with zero attached hydrogens (tertiary/aromatic N) is 3. The Morgan fingerprint density at radius 2 is 1.85 bits per heavy atom. The molecule has 5 nitrogen and oxygen atoms in total. The van der Waals surface area contributed by atoms with Gasteiger partial charge in [0, 0.05) is 0 Å². The van der Waals surface area contributed by atoms with Crippen molar-refractivity contribution in [2.45, 2.75) is 32.0 Å². The lowest BCUT2D eigenvalue weighted by atomic mass is 10.2. The Morgan fingerprint density at radius 3 is 2.48 bits per heavy atom. The number of ether oxygens (including phenoxy) is 1. The van der Waals surface area contributed by atoms with Gasteiger partial charge in [-0.1, -0.05) is 12.1 Å². The van der Waals surface area contributed by atoms with E-state index in [0.717, 1.165) is 16.7 Å². The van der Waals surface area contributed by atoms with E-state index in [9.17, 15) is 18.0 Å². The lowest BCUT2D eigenvalue weighted by Crippen LogP contribution is -2.26. The van der Waals surface area contributed by atoms with Gasteiger partial charge in [0.15, 0.2) is 11.6 Å². The molecule has 2 heterocycles. The Hall–Kier alpha value is -2.61. The smallest absolute Gasteiger partial charge is 0.433 e. The third-order valence-electron chi connectivity index (χ3n) is 3.67. The summed E-state index contributed by atoms with van der Waals surface area (Å²) in [6, 6.07) is 8.46. The van der Waals surface area contributed by atoms with E-state index in [2.05, 4.69) is 9.97 Å². The van der Waals surface area contributed by atoms with Crippen molar-refractivity contribution in [3.63, 3.8) is 0 Å².